The van der Waals surface area contributed by atoms with Crippen LogP contribution in [0.4, 0.5) is 0 Å². The molecule has 0 radical (unpaired) electrons. The molecule has 2 unspecified atom stereocenters. The maximum Gasteiger partial charge on any atom is 0.308 e. The van der Waals surface area contributed by atoms with Gasteiger partial charge in [-0.2, -0.15) is 0 Å². The lowest BCUT2D eigenvalue weighted by Gasteiger charge is -2.23. The van der Waals surface area contributed by atoms with Crippen molar-refractivity contribution < 1.29 is 14.7 Å². The largest absolute Gasteiger partial charge is 0.481 e. The number of hydrogen-bond acceptors (Lipinski definition) is 2. The van der Waals surface area contributed by atoms with Gasteiger partial charge in [-0.3, -0.25) is 9.59 Å². The SMILES string of the molecule is Cc1cccc2c(CCC(=O)N3CCC(C(=O)O)C3C)c[nH]c12. The van der Waals surface area contributed by atoms with Crippen LogP contribution < -0.4 is 0 Å². The number of para-hydroxylation sites is 1. The molecule has 2 atom stereocenters. The number of carboxylic acids is 1. The topological polar surface area (TPSA) is 73.4 Å². The number of benzene rings is 1. The van der Waals surface area contributed by atoms with E-state index in [-0.39, 0.29) is 11.9 Å². The number of aryl methyl sites for hydroxylation is 2. The highest BCUT2D eigenvalue weighted by molar-refractivity contribution is 5.86. The van der Waals surface area contributed by atoms with Crippen LogP contribution in [0.3, 0.4) is 0 Å². The Balaban J connectivity index is 1.67. The van der Waals surface area contributed by atoms with Gasteiger partial charge in [0.25, 0.3) is 0 Å². The smallest absolute Gasteiger partial charge is 0.308 e. The standard InChI is InChI=1S/C18H22N2O3/c1-11-4-3-5-15-13(10-19-17(11)15)6-7-16(21)20-9-8-14(12(20)2)18(22)23/h3-5,10,12,14,19H,6-9H2,1-2H3,(H,22,23). The molecule has 2 aromatic rings. The lowest BCUT2D eigenvalue weighted by Crippen LogP contribution is -2.37. The lowest BCUT2D eigenvalue weighted by atomic mass is 10.0. The number of carboxylic acid groups (broad SMARTS) is 1. The Morgan fingerprint density at radius 1 is 1.39 bits per heavy atom. The van der Waals surface area contributed by atoms with Gasteiger partial charge in [-0.15, -0.1) is 0 Å². The van der Waals surface area contributed by atoms with Crippen molar-refractivity contribution >= 4 is 22.8 Å². The number of amides is 1. The van der Waals surface area contributed by atoms with Crippen LogP contribution in [0.2, 0.25) is 0 Å². The third-order valence-corrected chi connectivity index (χ3v) is 5.01. The second-order valence-corrected chi connectivity index (χ2v) is 6.37. The second kappa shape index (κ2) is 6.07. The highest BCUT2D eigenvalue weighted by atomic mass is 16.4. The Labute approximate surface area is 135 Å². The zero-order chi connectivity index (χ0) is 16.6. The molecule has 0 aliphatic carbocycles. The molecule has 1 saturated heterocycles. The summed E-state index contributed by atoms with van der Waals surface area (Å²) in [5.41, 5.74) is 3.45. The molecule has 1 aliphatic heterocycles. The summed E-state index contributed by atoms with van der Waals surface area (Å²) >= 11 is 0. The summed E-state index contributed by atoms with van der Waals surface area (Å²) < 4.78 is 0. The predicted molar refractivity (Wildman–Crippen MR) is 88.3 cm³/mol. The third-order valence-electron chi connectivity index (χ3n) is 5.01. The van der Waals surface area contributed by atoms with Gasteiger partial charge in [-0.05, 0) is 37.8 Å². The summed E-state index contributed by atoms with van der Waals surface area (Å²) in [4.78, 5) is 28.6. The van der Waals surface area contributed by atoms with Crippen molar-refractivity contribution in [2.45, 2.75) is 39.2 Å². The van der Waals surface area contributed by atoms with Gasteiger partial charge in [0.2, 0.25) is 5.91 Å². The van der Waals surface area contributed by atoms with E-state index in [1.807, 2.05) is 19.2 Å². The van der Waals surface area contributed by atoms with Crippen molar-refractivity contribution in [1.82, 2.24) is 9.88 Å². The fraction of sp³-hybridized carbons (Fsp3) is 0.444. The molecule has 0 saturated carbocycles. The molecule has 1 aliphatic rings. The van der Waals surface area contributed by atoms with Crippen molar-refractivity contribution in [3.05, 3.63) is 35.5 Å². The van der Waals surface area contributed by atoms with Crippen molar-refractivity contribution in [2.24, 2.45) is 5.92 Å². The van der Waals surface area contributed by atoms with Gasteiger partial charge in [0.05, 0.1) is 5.92 Å². The molecule has 1 amide bonds. The monoisotopic (exact) mass is 314 g/mol. The number of fused-ring (bicyclic) bond motifs is 1. The predicted octanol–water partition coefficient (Wildman–Crippen LogP) is 2.73. The zero-order valence-electron chi connectivity index (χ0n) is 13.5. The average Bonchev–Trinajstić information content (AvgIpc) is 3.09. The molecule has 5 nitrogen and oxygen atoms in total. The molecule has 1 fully saturated rings. The van der Waals surface area contributed by atoms with E-state index in [0.717, 1.165) is 16.5 Å². The number of nitrogens with zero attached hydrogens (tertiary/aromatic N) is 1. The Hall–Kier alpha value is -2.30. The zero-order valence-corrected chi connectivity index (χ0v) is 13.5. The van der Waals surface area contributed by atoms with Gasteiger partial charge in [-0.25, -0.2) is 0 Å². The molecule has 0 spiro atoms. The minimum absolute atomic E-state index is 0.0447. The molecule has 5 heteroatoms. The molecule has 23 heavy (non-hydrogen) atoms. The highest BCUT2D eigenvalue weighted by Crippen LogP contribution is 2.26. The first-order valence-electron chi connectivity index (χ1n) is 8.07. The fourth-order valence-electron chi connectivity index (χ4n) is 3.58. The number of aliphatic carboxylic acids is 1. The number of aromatic nitrogens is 1. The maximum absolute atomic E-state index is 12.4. The van der Waals surface area contributed by atoms with Gasteiger partial charge in [0, 0.05) is 36.1 Å². The number of aromatic amines is 1. The molecule has 2 N–H and O–H groups in total. The van der Waals surface area contributed by atoms with Crippen LogP contribution >= 0.6 is 0 Å². The molecule has 122 valence electrons. The highest BCUT2D eigenvalue weighted by Gasteiger charge is 2.37. The van der Waals surface area contributed by atoms with Crippen LogP contribution in [0, 0.1) is 12.8 Å². The first kappa shape index (κ1) is 15.6. The second-order valence-electron chi connectivity index (χ2n) is 6.37. The molecular formula is C18H22N2O3. The Morgan fingerprint density at radius 3 is 2.87 bits per heavy atom. The van der Waals surface area contributed by atoms with Crippen molar-refractivity contribution in [3.63, 3.8) is 0 Å². The number of likely N-dealkylation sites (tertiary alicyclic amines) is 1. The number of nitrogens with one attached hydrogen (secondary N) is 1. The van der Waals surface area contributed by atoms with Crippen LogP contribution in [0.15, 0.2) is 24.4 Å². The first-order valence-corrected chi connectivity index (χ1v) is 8.07. The van der Waals surface area contributed by atoms with Gasteiger partial charge in [0.1, 0.15) is 0 Å². The van der Waals surface area contributed by atoms with Crippen molar-refractivity contribution in [3.8, 4) is 0 Å². The van der Waals surface area contributed by atoms with Crippen LogP contribution in [-0.2, 0) is 16.0 Å². The van der Waals surface area contributed by atoms with E-state index in [4.69, 9.17) is 5.11 Å². The Morgan fingerprint density at radius 2 is 2.17 bits per heavy atom. The first-order chi connectivity index (χ1) is 11.0. The Kier molecular flexibility index (Phi) is 4.11. The average molecular weight is 314 g/mol. The summed E-state index contributed by atoms with van der Waals surface area (Å²) in [5, 5.41) is 10.3. The quantitative estimate of drug-likeness (QED) is 0.911. The summed E-state index contributed by atoms with van der Waals surface area (Å²) in [7, 11) is 0. The summed E-state index contributed by atoms with van der Waals surface area (Å²) in [6.45, 7) is 4.44. The summed E-state index contributed by atoms with van der Waals surface area (Å²) in [6, 6.07) is 5.94. The van der Waals surface area contributed by atoms with Crippen LogP contribution in [0.1, 0.15) is 30.9 Å². The molecule has 0 bridgehead atoms. The third kappa shape index (κ3) is 2.83. The molecule has 2 heterocycles. The van der Waals surface area contributed by atoms with E-state index in [0.29, 0.717) is 25.8 Å². The van der Waals surface area contributed by atoms with E-state index >= 15 is 0 Å². The molecule has 3 rings (SSSR count). The van der Waals surface area contributed by atoms with Gasteiger partial charge >= 0.3 is 5.97 Å². The summed E-state index contributed by atoms with van der Waals surface area (Å²) in [5.74, 6) is -1.20. The number of rotatable bonds is 4. The van der Waals surface area contributed by atoms with Crippen molar-refractivity contribution in [1.29, 1.82) is 0 Å². The molecule has 1 aromatic heterocycles. The van der Waals surface area contributed by atoms with Crippen molar-refractivity contribution in [2.75, 3.05) is 6.54 Å². The molecule has 1 aromatic carbocycles. The van der Waals surface area contributed by atoms with E-state index in [1.165, 1.54) is 5.56 Å². The number of H-pyrrole nitrogens is 1. The van der Waals surface area contributed by atoms with Gasteiger partial charge in [0.15, 0.2) is 0 Å². The normalized spacial score (nSPS) is 21.0. The molecular weight excluding hydrogens is 292 g/mol. The van der Waals surface area contributed by atoms with Crippen LogP contribution in [0.25, 0.3) is 10.9 Å². The number of hydrogen-bond donors (Lipinski definition) is 2. The van der Waals surface area contributed by atoms with Gasteiger partial charge in [-0.1, -0.05) is 18.2 Å². The van der Waals surface area contributed by atoms with E-state index in [1.54, 1.807) is 4.90 Å². The summed E-state index contributed by atoms with van der Waals surface area (Å²) in [6.07, 6.45) is 3.60. The maximum atomic E-state index is 12.4. The number of carbonyl (C=O) groups excluding carboxylic acids is 1. The van der Waals surface area contributed by atoms with Crippen LogP contribution in [0.5, 0.6) is 0 Å². The minimum atomic E-state index is -0.806. The van der Waals surface area contributed by atoms with E-state index < -0.39 is 11.9 Å². The minimum Gasteiger partial charge on any atom is -0.481 e. The number of carbonyl (C=O) groups is 2. The van der Waals surface area contributed by atoms with E-state index in [9.17, 15) is 9.59 Å². The van der Waals surface area contributed by atoms with Crippen LogP contribution in [-0.4, -0.2) is 39.5 Å². The Bertz CT molecular complexity index is 750. The van der Waals surface area contributed by atoms with Gasteiger partial charge < -0.3 is 15.0 Å². The van der Waals surface area contributed by atoms with E-state index in [2.05, 4.69) is 24.0 Å². The lowest BCUT2D eigenvalue weighted by molar-refractivity contribution is -0.143. The fourth-order valence-corrected chi connectivity index (χ4v) is 3.58.